The van der Waals surface area contributed by atoms with E-state index in [4.69, 9.17) is 0 Å². The minimum absolute atomic E-state index is 0.286. The quantitative estimate of drug-likeness (QED) is 0.702. The van der Waals surface area contributed by atoms with Crippen LogP contribution in [-0.4, -0.2) is 4.98 Å². The Morgan fingerprint density at radius 3 is 2.29 bits per heavy atom. The van der Waals surface area contributed by atoms with Gasteiger partial charge in [-0.3, -0.25) is 4.98 Å². The molecule has 0 N–H and O–H groups in total. The van der Waals surface area contributed by atoms with Crippen LogP contribution in [-0.2, 0) is 0 Å². The lowest BCUT2D eigenvalue weighted by Gasteiger charge is -2.05. The summed E-state index contributed by atoms with van der Waals surface area (Å²) in [5.74, 6) is 0. The van der Waals surface area contributed by atoms with Gasteiger partial charge in [-0.2, -0.15) is 0 Å². The monoisotopic (exact) mass is 186 g/mol. The van der Waals surface area contributed by atoms with Crippen molar-refractivity contribution in [1.82, 2.24) is 4.98 Å². The normalized spacial score (nSPS) is 10.4. The molecular formula is C12H9FN. The van der Waals surface area contributed by atoms with Gasteiger partial charge in [-0.05, 0) is 17.7 Å². The van der Waals surface area contributed by atoms with E-state index in [-0.39, 0.29) is 6.17 Å². The van der Waals surface area contributed by atoms with Crippen LogP contribution in [0.1, 0.15) is 11.3 Å². The molecule has 1 aromatic carbocycles. The highest BCUT2D eigenvalue weighted by molar-refractivity contribution is 5.37. The summed E-state index contributed by atoms with van der Waals surface area (Å²) in [7, 11) is 0. The summed E-state index contributed by atoms with van der Waals surface area (Å²) in [6.45, 7) is 0. The van der Waals surface area contributed by atoms with E-state index in [0.29, 0.717) is 11.3 Å². The van der Waals surface area contributed by atoms with Crippen LogP contribution < -0.4 is 0 Å². The molecule has 1 aromatic heterocycles. The first-order valence-corrected chi connectivity index (χ1v) is 4.37. The van der Waals surface area contributed by atoms with Gasteiger partial charge in [0.05, 0.1) is 5.69 Å². The van der Waals surface area contributed by atoms with Crippen LogP contribution in [0.25, 0.3) is 0 Å². The predicted molar refractivity (Wildman–Crippen MR) is 53.2 cm³/mol. The number of aromatic nitrogens is 1. The molecule has 1 heterocycles. The first-order chi connectivity index (χ1) is 6.88. The maximum absolute atomic E-state index is 13.7. The highest BCUT2D eigenvalue weighted by atomic mass is 19.1. The second-order valence-electron chi connectivity index (χ2n) is 2.89. The lowest BCUT2D eigenvalue weighted by atomic mass is 10.1. The molecule has 0 aliphatic heterocycles. The summed E-state index contributed by atoms with van der Waals surface area (Å²) in [6, 6.07) is 14.1. The maximum Gasteiger partial charge on any atom is 0.221 e. The van der Waals surface area contributed by atoms with Crippen molar-refractivity contribution in [3.63, 3.8) is 0 Å². The molecule has 0 aliphatic carbocycles. The molecule has 0 unspecified atom stereocenters. The first kappa shape index (κ1) is 8.88. The molecule has 14 heavy (non-hydrogen) atoms. The number of hydrogen-bond acceptors (Lipinski definition) is 1. The Morgan fingerprint density at radius 1 is 0.929 bits per heavy atom. The van der Waals surface area contributed by atoms with Crippen molar-refractivity contribution < 1.29 is 4.39 Å². The average Bonchev–Trinajstić information content (AvgIpc) is 2.30. The Hall–Kier alpha value is -1.70. The fraction of sp³-hybridized carbons (Fsp3) is 0. The summed E-state index contributed by atoms with van der Waals surface area (Å²) in [5, 5.41) is 0. The molecule has 0 aliphatic rings. The van der Waals surface area contributed by atoms with Gasteiger partial charge in [-0.1, -0.05) is 36.4 Å². The van der Waals surface area contributed by atoms with E-state index in [0.717, 1.165) is 0 Å². The number of halogens is 1. The van der Waals surface area contributed by atoms with Gasteiger partial charge < -0.3 is 0 Å². The van der Waals surface area contributed by atoms with Gasteiger partial charge in [-0.25, -0.2) is 4.39 Å². The van der Waals surface area contributed by atoms with Gasteiger partial charge in [0, 0.05) is 6.20 Å². The van der Waals surface area contributed by atoms with Gasteiger partial charge >= 0.3 is 0 Å². The molecule has 2 heteroatoms. The number of pyridine rings is 1. The molecule has 0 amide bonds. The van der Waals surface area contributed by atoms with E-state index < -0.39 is 0 Å². The smallest absolute Gasteiger partial charge is 0.221 e. The summed E-state index contributed by atoms with van der Waals surface area (Å²) in [4.78, 5) is 3.94. The van der Waals surface area contributed by atoms with Crippen LogP contribution in [0.3, 0.4) is 0 Å². The van der Waals surface area contributed by atoms with Crippen LogP contribution in [0.5, 0.6) is 0 Å². The third-order valence-electron chi connectivity index (χ3n) is 1.92. The Bertz CT molecular complexity index is 346. The zero-order valence-corrected chi connectivity index (χ0v) is 7.52. The van der Waals surface area contributed by atoms with Crippen molar-refractivity contribution in [2.45, 2.75) is 0 Å². The van der Waals surface area contributed by atoms with Crippen LogP contribution in [0, 0.1) is 6.17 Å². The van der Waals surface area contributed by atoms with Crippen molar-refractivity contribution in [3.05, 3.63) is 72.2 Å². The second-order valence-corrected chi connectivity index (χ2v) is 2.89. The van der Waals surface area contributed by atoms with Crippen molar-refractivity contribution in [3.8, 4) is 0 Å². The van der Waals surface area contributed by atoms with Crippen LogP contribution in [0.2, 0.25) is 0 Å². The molecule has 0 atom stereocenters. The Morgan fingerprint density at radius 2 is 1.64 bits per heavy atom. The lowest BCUT2D eigenvalue weighted by molar-refractivity contribution is 0.558. The average molecular weight is 186 g/mol. The van der Waals surface area contributed by atoms with Crippen molar-refractivity contribution in [1.29, 1.82) is 0 Å². The molecular weight excluding hydrogens is 177 g/mol. The van der Waals surface area contributed by atoms with Gasteiger partial charge in [0.1, 0.15) is 0 Å². The van der Waals surface area contributed by atoms with Crippen molar-refractivity contribution >= 4 is 0 Å². The SMILES string of the molecule is F[C](c1ccccc1)c1ccccn1. The summed E-state index contributed by atoms with van der Waals surface area (Å²) < 4.78 is 13.7. The summed E-state index contributed by atoms with van der Waals surface area (Å²) in [6.07, 6.45) is 1.30. The van der Waals surface area contributed by atoms with Gasteiger partial charge in [-0.15, -0.1) is 0 Å². The molecule has 2 aromatic rings. The molecule has 0 spiro atoms. The van der Waals surface area contributed by atoms with E-state index >= 15 is 0 Å². The zero-order valence-electron chi connectivity index (χ0n) is 7.52. The van der Waals surface area contributed by atoms with Crippen LogP contribution >= 0.6 is 0 Å². The molecule has 0 bridgehead atoms. The second kappa shape index (κ2) is 4.01. The highest BCUT2D eigenvalue weighted by Crippen LogP contribution is 2.22. The number of benzene rings is 1. The van der Waals surface area contributed by atoms with E-state index in [1.54, 1.807) is 48.7 Å². The number of nitrogens with zero attached hydrogens (tertiary/aromatic N) is 1. The van der Waals surface area contributed by atoms with Crippen molar-refractivity contribution in [2.24, 2.45) is 0 Å². The Kier molecular flexibility index (Phi) is 2.54. The maximum atomic E-state index is 13.7. The molecule has 0 saturated heterocycles. The first-order valence-electron chi connectivity index (χ1n) is 4.37. The molecule has 0 fully saturated rings. The van der Waals surface area contributed by atoms with Gasteiger partial charge in [0.2, 0.25) is 6.17 Å². The topological polar surface area (TPSA) is 12.9 Å². The minimum Gasteiger partial charge on any atom is -0.257 e. The molecule has 69 valence electrons. The standard InChI is InChI=1S/C12H9FN/c13-12(10-6-2-1-3-7-10)11-8-4-5-9-14-11/h1-9H. The van der Waals surface area contributed by atoms with Crippen LogP contribution in [0.4, 0.5) is 4.39 Å². The fourth-order valence-electron chi connectivity index (χ4n) is 1.22. The largest absolute Gasteiger partial charge is 0.257 e. The molecule has 0 saturated carbocycles. The van der Waals surface area contributed by atoms with Gasteiger partial charge in [0.25, 0.3) is 0 Å². The molecule has 1 nitrogen and oxygen atoms in total. The molecule has 2 rings (SSSR count). The van der Waals surface area contributed by atoms with E-state index in [9.17, 15) is 4.39 Å². The Labute approximate surface area is 82.2 Å². The van der Waals surface area contributed by atoms with E-state index in [2.05, 4.69) is 4.98 Å². The predicted octanol–water partition coefficient (Wildman–Crippen LogP) is 2.98. The third kappa shape index (κ3) is 1.79. The number of rotatable bonds is 2. The van der Waals surface area contributed by atoms with Gasteiger partial charge in [0.15, 0.2) is 0 Å². The zero-order chi connectivity index (χ0) is 9.80. The van der Waals surface area contributed by atoms with E-state index in [1.165, 1.54) is 0 Å². The summed E-state index contributed by atoms with van der Waals surface area (Å²) >= 11 is 0. The number of hydrogen-bond donors (Lipinski definition) is 0. The van der Waals surface area contributed by atoms with Crippen molar-refractivity contribution in [2.75, 3.05) is 0 Å². The summed E-state index contributed by atoms with van der Waals surface area (Å²) in [5.41, 5.74) is 0.935. The lowest BCUT2D eigenvalue weighted by Crippen LogP contribution is -1.97. The van der Waals surface area contributed by atoms with E-state index in [1.807, 2.05) is 6.07 Å². The third-order valence-corrected chi connectivity index (χ3v) is 1.92. The molecule has 1 radical (unpaired) electrons. The Balaban J connectivity index is 2.30. The van der Waals surface area contributed by atoms with Crippen LogP contribution in [0.15, 0.2) is 54.7 Å². The highest BCUT2D eigenvalue weighted by Gasteiger charge is 2.14. The fourth-order valence-corrected chi connectivity index (χ4v) is 1.22. The minimum atomic E-state index is -0.286.